The van der Waals surface area contributed by atoms with E-state index in [0.29, 0.717) is 11.0 Å². The lowest BCUT2D eigenvalue weighted by atomic mass is 10.0. The number of rotatable bonds is 7. The Bertz CT molecular complexity index is 1540. The molecule has 0 aliphatic carbocycles. The van der Waals surface area contributed by atoms with E-state index in [1.165, 1.54) is 11.8 Å². The first kappa shape index (κ1) is 23.9. The largest absolute Gasteiger partial charge is 0.272 e. The number of nitrogens with zero attached hydrogens (tertiary/aromatic N) is 5. The Morgan fingerprint density at radius 2 is 1.72 bits per heavy atom. The summed E-state index contributed by atoms with van der Waals surface area (Å²) in [5.74, 6) is 0.583. The SMILES string of the molecule is C/C(=N/NC(=O)CSc1nnc(-c2ccncc2)n1-c1ccc(Br)cc1)c1cccc2ccccc12. The minimum absolute atomic E-state index is 0.136. The Hall–Kier alpha value is -3.82. The molecule has 0 aliphatic rings. The molecule has 5 rings (SSSR count). The van der Waals surface area contributed by atoms with Gasteiger partial charge in [-0.1, -0.05) is 70.2 Å². The molecule has 1 amide bonds. The van der Waals surface area contributed by atoms with Crippen LogP contribution in [0.25, 0.3) is 27.8 Å². The van der Waals surface area contributed by atoms with Crippen molar-refractivity contribution in [2.75, 3.05) is 5.75 Å². The molecule has 0 spiro atoms. The average molecular weight is 557 g/mol. The Morgan fingerprint density at radius 3 is 2.53 bits per heavy atom. The molecule has 0 radical (unpaired) electrons. The highest BCUT2D eigenvalue weighted by Gasteiger charge is 2.17. The molecule has 1 N–H and O–H groups in total. The van der Waals surface area contributed by atoms with Crippen molar-refractivity contribution in [1.82, 2.24) is 25.2 Å². The Morgan fingerprint density at radius 1 is 0.972 bits per heavy atom. The lowest BCUT2D eigenvalue weighted by Gasteiger charge is -2.10. The summed E-state index contributed by atoms with van der Waals surface area (Å²) >= 11 is 4.78. The van der Waals surface area contributed by atoms with E-state index in [1.807, 2.05) is 72.2 Å². The molecule has 2 aromatic heterocycles. The second-order valence-corrected chi connectivity index (χ2v) is 9.76. The Kier molecular flexibility index (Phi) is 7.20. The van der Waals surface area contributed by atoms with Crippen LogP contribution in [-0.4, -0.2) is 37.1 Å². The topological polar surface area (TPSA) is 85.1 Å². The lowest BCUT2D eigenvalue weighted by molar-refractivity contribution is -0.118. The zero-order valence-corrected chi connectivity index (χ0v) is 21.7. The molecule has 36 heavy (non-hydrogen) atoms. The van der Waals surface area contributed by atoms with Gasteiger partial charge in [-0.2, -0.15) is 5.10 Å². The molecule has 3 aromatic carbocycles. The molecule has 0 bridgehead atoms. The number of nitrogens with one attached hydrogen (secondary N) is 1. The molecule has 7 nitrogen and oxygen atoms in total. The van der Waals surface area contributed by atoms with E-state index in [2.05, 4.69) is 59.8 Å². The van der Waals surface area contributed by atoms with Gasteiger partial charge in [0.1, 0.15) is 0 Å². The molecular formula is C27H21BrN6OS. The van der Waals surface area contributed by atoms with E-state index in [-0.39, 0.29) is 11.7 Å². The average Bonchev–Trinajstić information content (AvgIpc) is 3.35. The second kappa shape index (κ2) is 10.8. The van der Waals surface area contributed by atoms with Crippen molar-refractivity contribution in [2.24, 2.45) is 5.10 Å². The van der Waals surface area contributed by atoms with Gasteiger partial charge in [-0.05, 0) is 54.1 Å². The minimum atomic E-state index is -0.226. The van der Waals surface area contributed by atoms with Crippen molar-refractivity contribution in [3.05, 3.63) is 101 Å². The van der Waals surface area contributed by atoms with Crippen molar-refractivity contribution in [1.29, 1.82) is 0 Å². The quantitative estimate of drug-likeness (QED) is 0.154. The third-order valence-corrected chi connectivity index (χ3v) is 6.97. The molecule has 0 saturated carbocycles. The Balaban J connectivity index is 1.34. The van der Waals surface area contributed by atoms with Crippen molar-refractivity contribution >= 4 is 50.1 Å². The van der Waals surface area contributed by atoms with Crippen molar-refractivity contribution in [2.45, 2.75) is 12.1 Å². The molecular weight excluding hydrogens is 536 g/mol. The maximum atomic E-state index is 12.7. The van der Waals surface area contributed by atoms with Gasteiger partial charge in [0.25, 0.3) is 5.91 Å². The minimum Gasteiger partial charge on any atom is -0.272 e. The van der Waals surface area contributed by atoms with Gasteiger partial charge in [0, 0.05) is 33.7 Å². The van der Waals surface area contributed by atoms with Crippen molar-refractivity contribution < 1.29 is 4.79 Å². The summed E-state index contributed by atoms with van der Waals surface area (Å²) in [5, 5.41) is 15.9. The normalized spacial score (nSPS) is 11.6. The maximum absolute atomic E-state index is 12.7. The van der Waals surface area contributed by atoms with Gasteiger partial charge in [0.2, 0.25) is 0 Å². The number of thioether (sulfide) groups is 1. The monoisotopic (exact) mass is 556 g/mol. The van der Waals surface area contributed by atoms with Crippen molar-refractivity contribution in [3.8, 4) is 17.1 Å². The first-order chi connectivity index (χ1) is 17.6. The maximum Gasteiger partial charge on any atom is 0.250 e. The number of carbonyl (C=O) groups is 1. The molecule has 0 saturated heterocycles. The summed E-state index contributed by atoms with van der Waals surface area (Å²) in [7, 11) is 0. The number of pyridine rings is 1. The first-order valence-electron chi connectivity index (χ1n) is 11.2. The summed E-state index contributed by atoms with van der Waals surface area (Å²) in [6.07, 6.45) is 3.43. The van der Waals surface area contributed by atoms with E-state index in [9.17, 15) is 4.79 Å². The number of amides is 1. The zero-order valence-electron chi connectivity index (χ0n) is 19.3. The summed E-state index contributed by atoms with van der Waals surface area (Å²) in [6, 6.07) is 25.8. The standard InChI is InChI=1S/C27H21BrN6OS/c1-18(23-8-4-6-19-5-2-3-7-24(19)23)30-31-25(35)17-36-27-33-32-26(20-13-15-29-16-14-20)34(27)22-11-9-21(28)10-12-22/h2-16H,17H2,1H3,(H,31,35)/b30-18-. The number of aromatic nitrogens is 4. The number of benzene rings is 3. The highest BCUT2D eigenvalue weighted by atomic mass is 79.9. The fraction of sp³-hybridized carbons (Fsp3) is 0.0741. The van der Waals surface area contributed by atoms with Gasteiger partial charge in [-0.15, -0.1) is 10.2 Å². The van der Waals surface area contributed by atoms with Crippen LogP contribution < -0.4 is 5.43 Å². The highest BCUT2D eigenvalue weighted by Crippen LogP contribution is 2.28. The predicted molar refractivity (Wildman–Crippen MR) is 147 cm³/mol. The van der Waals surface area contributed by atoms with E-state index >= 15 is 0 Å². The van der Waals surface area contributed by atoms with Crippen LogP contribution in [-0.2, 0) is 4.79 Å². The number of hydrogen-bond acceptors (Lipinski definition) is 6. The number of hydrogen-bond donors (Lipinski definition) is 1. The summed E-state index contributed by atoms with van der Waals surface area (Å²) in [6.45, 7) is 1.89. The summed E-state index contributed by atoms with van der Waals surface area (Å²) in [4.78, 5) is 16.8. The molecule has 5 aromatic rings. The molecule has 9 heteroatoms. The van der Waals surface area contributed by atoms with Crippen LogP contribution in [0.15, 0.2) is 106 Å². The number of halogens is 1. The summed E-state index contributed by atoms with van der Waals surface area (Å²) in [5.41, 5.74) is 6.17. The van der Waals surface area contributed by atoms with Gasteiger partial charge in [-0.3, -0.25) is 14.3 Å². The van der Waals surface area contributed by atoms with Gasteiger partial charge in [0.15, 0.2) is 11.0 Å². The number of fused-ring (bicyclic) bond motifs is 1. The van der Waals surface area contributed by atoms with E-state index < -0.39 is 0 Å². The predicted octanol–water partition coefficient (Wildman–Crippen LogP) is 5.88. The molecule has 0 fully saturated rings. The zero-order chi connectivity index (χ0) is 24.9. The lowest BCUT2D eigenvalue weighted by Crippen LogP contribution is -2.21. The van der Waals surface area contributed by atoms with Crippen LogP contribution in [0.1, 0.15) is 12.5 Å². The molecule has 0 atom stereocenters. The molecule has 178 valence electrons. The second-order valence-electron chi connectivity index (χ2n) is 7.90. The van der Waals surface area contributed by atoms with Crippen molar-refractivity contribution in [3.63, 3.8) is 0 Å². The van der Waals surface area contributed by atoms with Crippen LogP contribution in [0.5, 0.6) is 0 Å². The van der Waals surface area contributed by atoms with Crippen LogP contribution in [0, 0.1) is 0 Å². The molecule has 0 unspecified atom stereocenters. The number of hydrazone groups is 1. The first-order valence-corrected chi connectivity index (χ1v) is 12.9. The van der Waals surface area contributed by atoms with Crippen LogP contribution in [0.3, 0.4) is 0 Å². The van der Waals surface area contributed by atoms with Gasteiger partial charge < -0.3 is 0 Å². The van der Waals surface area contributed by atoms with Gasteiger partial charge in [0.05, 0.1) is 11.5 Å². The molecule has 0 aliphatic heterocycles. The van der Waals surface area contributed by atoms with E-state index in [0.717, 1.165) is 37.8 Å². The third-order valence-electron chi connectivity index (χ3n) is 5.52. The van der Waals surface area contributed by atoms with E-state index in [1.54, 1.807) is 12.4 Å². The molecule has 2 heterocycles. The summed E-state index contributed by atoms with van der Waals surface area (Å²) < 4.78 is 2.91. The highest BCUT2D eigenvalue weighted by molar-refractivity contribution is 9.10. The van der Waals surface area contributed by atoms with E-state index in [4.69, 9.17) is 0 Å². The van der Waals surface area contributed by atoms with Gasteiger partial charge >= 0.3 is 0 Å². The Labute approximate surface area is 220 Å². The third kappa shape index (κ3) is 5.22. The van der Waals surface area contributed by atoms with Crippen LogP contribution in [0.4, 0.5) is 0 Å². The van der Waals surface area contributed by atoms with Crippen LogP contribution >= 0.6 is 27.7 Å². The fourth-order valence-corrected chi connectivity index (χ4v) is 4.79. The van der Waals surface area contributed by atoms with Gasteiger partial charge in [-0.25, -0.2) is 5.43 Å². The van der Waals surface area contributed by atoms with Crippen LogP contribution in [0.2, 0.25) is 0 Å². The number of carbonyl (C=O) groups excluding carboxylic acids is 1. The smallest absolute Gasteiger partial charge is 0.250 e. The fourth-order valence-electron chi connectivity index (χ4n) is 3.78.